The number of hydrogen-bond acceptors (Lipinski definition) is 6. The van der Waals surface area contributed by atoms with Gasteiger partial charge in [-0.15, -0.1) is 0 Å². The molecule has 0 aliphatic carbocycles. The minimum atomic E-state index is -0.710. The molecule has 0 heterocycles. The zero-order chi connectivity index (χ0) is 17.7. The first-order valence-electron chi connectivity index (χ1n) is 6.64. The lowest BCUT2D eigenvalue weighted by Crippen LogP contribution is -2.41. The third kappa shape index (κ3) is 3.77. The molecule has 0 unspecified atom stereocenters. The van der Waals surface area contributed by atoms with Gasteiger partial charge in [0.05, 0.1) is 12.0 Å². The van der Waals surface area contributed by atoms with E-state index >= 15 is 0 Å². The lowest BCUT2D eigenvalue weighted by Gasteiger charge is -2.09. The van der Waals surface area contributed by atoms with E-state index < -0.39 is 16.7 Å². The maximum Gasteiger partial charge on any atom is 0.270 e. The molecule has 0 aliphatic rings. The zero-order valence-corrected chi connectivity index (χ0v) is 12.5. The van der Waals surface area contributed by atoms with Crippen LogP contribution in [0.1, 0.15) is 20.7 Å². The molecule has 3 N–H and O–H groups in total. The van der Waals surface area contributed by atoms with Gasteiger partial charge in [0.25, 0.3) is 17.5 Å². The van der Waals surface area contributed by atoms with Crippen LogP contribution >= 0.6 is 0 Å². The van der Waals surface area contributed by atoms with Gasteiger partial charge in [0.1, 0.15) is 0 Å². The van der Waals surface area contributed by atoms with Gasteiger partial charge >= 0.3 is 0 Å². The quantitative estimate of drug-likeness (QED) is 0.573. The van der Waals surface area contributed by atoms with Crippen molar-refractivity contribution in [2.24, 2.45) is 0 Å². The van der Waals surface area contributed by atoms with Crippen molar-refractivity contribution in [3.8, 4) is 11.5 Å². The number of methoxy groups -OCH3 is 1. The fourth-order valence-electron chi connectivity index (χ4n) is 1.84. The molecule has 0 aliphatic heterocycles. The molecule has 0 saturated heterocycles. The molecule has 2 rings (SSSR count). The van der Waals surface area contributed by atoms with Crippen LogP contribution in [0.25, 0.3) is 0 Å². The number of benzene rings is 2. The number of carbonyl (C=O) groups is 2. The smallest absolute Gasteiger partial charge is 0.270 e. The standard InChI is InChI=1S/C15H13N3O6/c1-24-13-8-10(5-6-12(13)19)15(21)17-16-14(20)9-3-2-4-11(7-9)18(22)23/h2-8,19H,1H3,(H,16,20)(H,17,21). The van der Waals surface area contributed by atoms with Crippen LogP contribution in [0.4, 0.5) is 5.69 Å². The second kappa shape index (κ2) is 7.09. The maximum absolute atomic E-state index is 12.0. The number of nitro benzene ring substituents is 1. The fourth-order valence-corrected chi connectivity index (χ4v) is 1.84. The van der Waals surface area contributed by atoms with Crippen molar-refractivity contribution in [3.63, 3.8) is 0 Å². The number of nitrogens with zero attached hydrogens (tertiary/aromatic N) is 1. The Labute approximate surface area is 136 Å². The summed E-state index contributed by atoms with van der Waals surface area (Å²) < 4.78 is 4.89. The topological polar surface area (TPSA) is 131 Å². The summed E-state index contributed by atoms with van der Waals surface area (Å²) in [6.07, 6.45) is 0. The van der Waals surface area contributed by atoms with Crippen molar-refractivity contribution in [1.29, 1.82) is 0 Å². The number of hydrogen-bond donors (Lipinski definition) is 3. The van der Waals surface area contributed by atoms with Crippen LogP contribution in [0.5, 0.6) is 11.5 Å². The number of amides is 2. The molecule has 0 spiro atoms. The molecule has 0 bridgehead atoms. The highest BCUT2D eigenvalue weighted by Crippen LogP contribution is 2.26. The molecule has 24 heavy (non-hydrogen) atoms. The van der Waals surface area contributed by atoms with Crippen molar-refractivity contribution in [3.05, 3.63) is 63.7 Å². The molecule has 0 aromatic heterocycles. The number of nitrogens with one attached hydrogen (secondary N) is 2. The molecule has 2 aromatic rings. The summed E-state index contributed by atoms with van der Waals surface area (Å²) in [4.78, 5) is 33.9. The summed E-state index contributed by atoms with van der Waals surface area (Å²) in [6, 6.07) is 8.98. The van der Waals surface area contributed by atoms with Crippen molar-refractivity contribution in [2.75, 3.05) is 7.11 Å². The predicted octanol–water partition coefficient (Wildman–Crippen LogP) is 1.38. The Bertz CT molecular complexity index is 806. The van der Waals surface area contributed by atoms with Crippen molar-refractivity contribution in [2.45, 2.75) is 0 Å². The molecule has 9 heteroatoms. The van der Waals surface area contributed by atoms with E-state index in [9.17, 15) is 24.8 Å². The number of carbonyl (C=O) groups excluding carboxylic acids is 2. The summed E-state index contributed by atoms with van der Waals surface area (Å²) in [7, 11) is 1.33. The number of hydrazine groups is 1. The van der Waals surface area contributed by atoms with E-state index in [4.69, 9.17) is 4.74 Å². The molecule has 124 valence electrons. The van der Waals surface area contributed by atoms with E-state index in [-0.39, 0.29) is 28.3 Å². The summed E-state index contributed by atoms with van der Waals surface area (Å²) in [5.41, 5.74) is 4.25. The molecule has 0 fully saturated rings. The predicted molar refractivity (Wildman–Crippen MR) is 82.7 cm³/mol. The van der Waals surface area contributed by atoms with Gasteiger partial charge in [-0.1, -0.05) is 6.07 Å². The van der Waals surface area contributed by atoms with Crippen LogP contribution in [-0.2, 0) is 0 Å². The van der Waals surface area contributed by atoms with Gasteiger partial charge in [-0.2, -0.15) is 0 Å². The highest BCUT2D eigenvalue weighted by atomic mass is 16.6. The molecule has 0 saturated carbocycles. The molecule has 2 amide bonds. The number of ether oxygens (including phenoxy) is 1. The van der Waals surface area contributed by atoms with Gasteiger partial charge in [0.15, 0.2) is 11.5 Å². The normalized spacial score (nSPS) is 9.88. The molecular weight excluding hydrogens is 318 g/mol. The van der Waals surface area contributed by atoms with Gasteiger partial charge in [-0.3, -0.25) is 30.6 Å². The van der Waals surface area contributed by atoms with E-state index in [1.54, 1.807) is 0 Å². The third-order valence-corrected chi connectivity index (χ3v) is 3.05. The number of aromatic hydroxyl groups is 1. The minimum absolute atomic E-state index is 0.0211. The van der Waals surface area contributed by atoms with E-state index in [2.05, 4.69) is 10.9 Å². The van der Waals surface area contributed by atoms with Crippen molar-refractivity contribution >= 4 is 17.5 Å². The first-order valence-corrected chi connectivity index (χ1v) is 6.64. The van der Waals surface area contributed by atoms with E-state index in [1.807, 2.05) is 0 Å². The van der Waals surface area contributed by atoms with Gasteiger partial charge in [0.2, 0.25) is 0 Å². The van der Waals surface area contributed by atoms with E-state index in [0.29, 0.717) is 0 Å². The van der Waals surface area contributed by atoms with Crippen LogP contribution in [-0.4, -0.2) is 29.0 Å². The van der Waals surface area contributed by atoms with E-state index in [0.717, 1.165) is 6.07 Å². The lowest BCUT2D eigenvalue weighted by atomic mass is 10.2. The summed E-state index contributed by atoms with van der Waals surface area (Å²) in [5.74, 6) is -1.38. The average Bonchev–Trinajstić information content (AvgIpc) is 2.59. The minimum Gasteiger partial charge on any atom is -0.504 e. The highest BCUT2D eigenvalue weighted by Gasteiger charge is 2.14. The first kappa shape index (κ1) is 16.7. The highest BCUT2D eigenvalue weighted by molar-refractivity contribution is 5.99. The number of nitro groups is 1. The number of phenols is 1. The average molecular weight is 331 g/mol. The summed E-state index contributed by atoms with van der Waals surface area (Å²) >= 11 is 0. The summed E-state index contributed by atoms with van der Waals surface area (Å²) in [6.45, 7) is 0. The lowest BCUT2D eigenvalue weighted by molar-refractivity contribution is -0.384. The monoisotopic (exact) mass is 331 g/mol. The molecule has 9 nitrogen and oxygen atoms in total. The van der Waals surface area contributed by atoms with Crippen LogP contribution < -0.4 is 15.6 Å². The summed E-state index contributed by atoms with van der Waals surface area (Å²) in [5, 5.41) is 20.2. The Kier molecular flexibility index (Phi) is 4.95. The SMILES string of the molecule is COc1cc(C(=O)NNC(=O)c2cccc([N+](=O)[O-])c2)ccc1O. The van der Waals surface area contributed by atoms with Crippen LogP contribution in [0.15, 0.2) is 42.5 Å². The van der Waals surface area contributed by atoms with Gasteiger partial charge in [-0.25, -0.2) is 0 Å². The second-order valence-corrected chi connectivity index (χ2v) is 4.60. The largest absolute Gasteiger partial charge is 0.504 e. The number of non-ortho nitro benzene ring substituents is 1. The Morgan fingerprint density at radius 1 is 1.08 bits per heavy atom. The Morgan fingerprint density at radius 3 is 2.29 bits per heavy atom. The van der Waals surface area contributed by atoms with Crippen molar-refractivity contribution in [1.82, 2.24) is 10.9 Å². The van der Waals surface area contributed by atoms with E-state index in [1.165, 1.54) is 43.5 Å². The zero-order valence-electron chi connectivity index (χ0n) is 12.5. The van der Waals surface area contributed by atoms with Gasteiger partial charge in [0, 0.05) is 23.3 Å². The first-order chi connectivity index (χ1) is 11.4. The van der Waals surface area contributed by atoms with Crippen LogP contribution in [0, 0.1) is 10.1 Å². The molecule has 2 aromatic carbocycles. The number of phenolic OH excluding ortho intramolecular Hbond substituents is 1. The number of rotatable bonds is 4. The van der Waals surface area contributed by atoms with Gasteiger partial charge in [-0.05, 0) is 24.3 Å². The Balaban J connectivity index is 2.05. The molecule has 0 atom stereocenters. The fraction of sp³-hybridized carbons (Fsp3) is 0.0667. The maximum atomic E-state index is 12.0. The van der Waals surface area contributed by atoms with Gasteiger partial charge < -0.3 is 9.84 Å². The second-order valence-electron chi connectivity index (χ2n) is 4.60. The van der Waals surface area contributed by atoms with Crippen LogP contribution in [0.2, 0.25) is 0 Å². The Hall–Kier alpha value is -3.62. The Morgan fingerprint density at radius 2 is 1.71 bits per heavy atom. The van der Waals surface area contributed by atoms with Crippen molar-refractivity contribution < 1.29 is 24.4 Å². The molecule has 0 radical (unpaired) electrons. The third-order valence-electron chi connectivity index (χ3n) is 3.05. The molecular formula is C15H13N3O6. The van der Waals surface area contributed by atoms with Crippen LogP contribution in [0.3, 0.4) is 0 Å².